The second kappa shape index (κ2) is 5.59. The summed E-state index contributed by atoms with van der Waals surface area (Å²) in [6.45, 7) is 4.31. The molecule has 1 N–H and O–H groups in total. The zero-order chi connectivity index (χ0) is 5.70. The summed E-state index contributed by atoms with van der Waals surface area (Å²) in [7, 11) is 1.61. The molecule has 42 valence electrons. The van der Waals surface area contributed by atoms with Gasteiger partial charge in [-0.05, 0) is 0 Å². The molecule has 0 saturated heterocycles. The zero-order valence-corrected chi connectivity index (χ0v) is 8.06. The number of hydrogen-bond donors (Lipinski definition) is 1. The van der Waals surface area contributed by atoms with Gasteiger partial charge in [0, 0.05) is 30.3 Å². The van der Waals surface area contributed by atoms with Crippen molar-refractivity contribution in [2.24, 2.45) is 0 Å². The van der Waals surface area contributed by atoms with E-state index in [0.717, 1.165) is 0 Å². The van der Waals surface area contributed by atoms with E-state index < -0.39 is 0 Å². The maximum absolute atomic E-state index is 3.07. The summed E-state index contributed by atoms with van der Waals surface area (Å²) in [4.78, 5) is 0. The average Bonchev–Trinajstić information content (AvgIpc) is 1.61. The van der Waals surface area contributed by atoms with E-state index >= 15 is 0 Å². The highest BCUT2D eigenvalue weighted by atomic mass is 127. The minimum atomic E-state index is 0.683. The van der Waals surface area contributed by atoms with Crippen molar-refractivity contribution >= 4 is 48.1 Å². The van der Waals surface area contributed by atoms with Crippen molar-refractivity contribution in [2.45, 2.75) is 13.6 Å². The standard InChI is InChI=1S/C2H7BINS2/c1-3(2)6-5-7-4/h5H,1-2H3. The van der Waals surface area contributed by atoms with Crippen LogP contribution < -0.4 is 4.13 Å². The van der Waals surface area contributed by atoms with Crippen molar-refractivity contribution in [1.29, 1.82) is 0 Å². The molecule has 0 aliphatic rings. The Kier molecular flexibility index (Phi) is 6.75. The van der Waals surface area contributed by atoms with Crippen LogP contribution in [0.5, 0.6) is 0 Å². The lowest BCUT2D eigenvalue weighted by Crippen LogP contribution is -1.98. The predicted octanol–water partition coefficient (Wildman–Crippen LogP) is 2.47. The number of rotatable bonds is 3. The van der Waals surface area contributed by atoms with Gasteiger partial charge in [0.25, 0.3) is 0 Å². The van der Waals surface area contributed by atoms with Crippen molar-refractivity contribution in [3.8, 4) is 0 Å². The summed E-state index contributed by atoms with van der Waals surface area (Å²) in [5.74, 6) is 0.683. The Morgan fingerprint density at radius 2 is 2.14 bits per heavy atom. The first-order valence-corrected chi connectivity index (χ1v) is 6.19. The first-order chi connectivity index (χ1) is 3.27. The summed E-state index contributed by atoms with van der Waals surface area (Å²) in [5, 5.41) is 0. The van der Waals surface area contributed by atoms with Crippen LogP contribution in [0.3, 0.4) is 0 Å². The highest BCUT2D eigenvalue weighted by Gasteiger charge is 1.95. The van der Waals surface area contributed by atoms with Gasteiger partial charge in [0.05, 0.1) is 0 Å². The fourth-order valence-corrected chi connectivity index (χ4v) is 1.96. The van der Waals surface area contributed by atoms with Gasteiger partial charge in [-0.2, -0.15) is 0 Å². The second-order valence-corrected chi connectivity index (χ2v) is 4.65. The normalized spacial score (nSPS) is 9.00. The quantitative estimate of drug-likeness (QED) is 0.467. The third-order valence-corrected chi connectivity index (χ3v) is 3.04. The van der Waals surface area contributed by atoms with Crippen LogP contribution in [0.1, 0.15) is 0 Å². The molecule has 0 radical (unpaired) electrons. The first-order valence-electron chi connectivity index (χ1n) is 1.95. The molecule has 0 amide bonds. The van der Waals surface area contributed by atoms with Crippen LogP contribution in [0.15, 0.2) is 0 Å². The zero-order valence-electron chi connectivity index (χ0n) is 4.27. The largest absolute Gasteiger partial charge is 0.224 e. The van der Waals surface area contributed by atoms with Crippen molar-refractivity contribution in [1.82, 2.24) is 4.13 Å². The Morgan fingerprint density at radius 3 is 2.29 bits per heavy atom. The summed E-state index contributed by atoms with van der Waals surface area (Å²) in [6, 6.07) is 0. The van der Waals surface area contributed by atoms with Gasteiger partial charge in [-0.1, -0.05) is 13.6 Å². The molecular weight excluding hydrogens is 240 g/mol. The molecule has 1 nitrogen and oxygen atoms in total. The monoisotopic (exact) mass is 247 g/mol. The Balaban J connectivity index is 2.68. The molecule has 0 saturated carbocycles. The van der Waals surface area contributed by atoms with Crippen LogP contribution in [0.2, 0.25) is 13.6 Å². The smallest absolute Gasteiger partial charge is 0.209 e. The number of hydrogen-bond acceptors (Lipinski definition) is 3. The second-order valence-electron chi connectivity index (χ2n) is 1.33. The van der Waals surface area contributed by atoms with E-state index in [1.165, 1.54) is 0 Å². The number of halogens is 1. The minimum Gasteiger partial charge on any atom is -0.209 e. The van der Waals surface area contributed by atoms with Crippen LogP contribution >= 0.6 is 42.1 Å². The Morgan fingerprint density at radius 1 is 1.57 bits per heavy atom. The minimum absolute atomic E-state index is 0.683. The maximum Gasteiger partial charge on any atom is 0.224 e. The maximum atomic E-state index is 3.07. The molecule has 0 unspecified atom stereocenters. The van der Waals surface area contributed by atoms with Crippen molar-refractivity contribution in [3.05, 3.63) is 0 Å². The molecule has 0 rings (SSSR count). The van der Waals surface area contributed by atoms with Gasteiger partial charge in [-0.3, -0.25) is 0 Å². The van der Waals surface area contributed by atoms with Crippen LogP contribution in [0.4, 0.5) is 0 Å². The fraction of sp³-hybridized carbons (Fsp3) is 1.00. The van der Waals surface area contributed by atoms with Gasteiger partial charge in [0.15, 0.2) is 0 Å². The van der Waals surface area contributed by atoms with Gasteiger partial charge in [0.1, 0.15) is 0 Å². The third kappa shape index (κ3) is 7.45. The third-order valence-electron chi connectivity index (χ3n) is 0.315. The lowest BCUT2D eigenvalue weighted by Gasteiger charge is -1.96. The molecule has 7 heavy (non-hydrogen) atoms. The molecule has 5 heteroatoms. The van der Waals surface area contributed by atoms with Crippen LogP contribution in [-0.4, -0.2) is 5.99 Å². The van der Waals surface area contributed by atoms with Gasteiger partial charge in [-0.25, -0.2) is 4.13 Å². The number of nitrogens with one attached hydrogen (secondary N) is 1. The lowest BCUT2D eigenvalue weighted by atomic mass is 9.84. The fourth-order valence-electron chi connectivity index (χ4n) is 0.114. The molecule has 0 heterocycles. The van der Waals surface area contributed by atoms with Gasteiger partial charge in [0.2, 0.25) is 5.99 Å². The lowest BCUT2D eigenvalue weighted by molar-refractivity contribution is 1.81. The van der Waals surface area contributed by atoms with Crippen LogP contribution in [0.25, 0.3) is 0 Å². The van der Waals surface area contributed by atoms with E-state index in [2.05, 4.69) is 39.0 Å². The van der Waals surface area contributed by atoms with E-state index in [9.17, 15) is 0 Å². The van der Waals surface area contributed by atoms with Crippen molar-refractivity contribution in [2.75, 3.05) is 0 Å². The Hall–Kier alpha value is 1.45. The molecule has 0 aromatic carbocycles. The predicted molar refractivity (Wildman–Crippen MR) is 49.8 cm³/mol. The molecule has 0 fully saturated rings. The van der Waals surface area contributed by atoms with Crippen molar-refractivity contribution < 1.29 is 0 Å². The summed E-state index contributed by atoms with van der Waals surface area (Å²) in [5.41, 5.74) is 0. The van der Waals surface area contributed by atoms with Gasteiger partial charge < -0.3 is 0 Å². The molecule has 0 spiro atoms. The summed E-state index contributed by atoms with van der Waals surface area (Å²) < 4.78 is 3.07. The molecule has 0 bridgehead atoms. The van der Waals surface area contributed by atoms with Crippen molar-refractivity contribution in [3.63, 3.8) is 0 Å². The van der Waals surface area contributed by atoms with Crippen LogP contribution in [-0.2, 0) is 0 Å². The molecule has 0 aliphatic carbocycles. The first kappa shape index (κ1) is 8.45. The van der Waals surface area contributed by atoms with Crippen LogP contribution in [0, 0.1) is 0 Å². The summed E-state index contributed by atoms with van der Waals surface area (Å²) >= 11 is 3.94. The molecule has 0 aromatic heterocycles. The Labute approximate surface area is 65.6 Å². The van der Waals surface area contributed by atoms with E-state index in [4.69, 9.17) is 0 Å². The van der Waals surface area contributed by atoms with E-state index in [1.54, 1.807) is 20.9 Å². The molecule has 0 atom stereocenters. The topological polar surface area (TPSA) is 12.0 Å². The van der Waals surface area contributed by atoms with Gasteiger partial charge in [-0.15, -0.1) is 11.8 Å². The van der Waals surface area contributed by atoms with Gasteiger partial charge >= 0.3 is 0 Å². The highest BCUT2D eigenvalue weighted by Crippen LogP contribution is 2.12. The molecule has 0 aromatic rings. The average molecular weight is 247 g/mol. The Bertz CT molecular complexity index is 44.7. The summed E-state index contributed by atoms with van der Waals surface area (Å²) in [6.07, 6.45) is 0. The SMILES string of the molecule is CB(C)SNSI. The highest BCUT2D eigenvalue weighted by molar-refractivity contribution is 14.2. The molecular formula is C2H7BINS2. The van der Waals surface area contributed by atoms with E-state index in [0.29, 0.717) is 5.99 Å². The molecule has 0 aliphatic heterocycles. The van der Waals surface area contributed by atoms with E-state index in [1.807, 2.05) is 0 Å². The van der Waals surface area contributed by atoms with E-state index in [-0.39, 0.29) is 0 Å².